The second-order valence-corrected chi connectivity index (χ2v) is 5.31. The lowest BCUT2D eigenvalue weighted by Crippen LogP contribution is -2.55. The fraction of sp³-hybridized carbons (Fsp3) is 1.00. The van der Waals surface area contributed by atoms with Gasteiger partial charge in [-0.15, -0.1) is 0 Å². The monoisotopic (exact) mass is 223 g/mol. The zero-order valence-corrected chi connectivity index (χ0v) is 10.2. The van der Waals surface area contributed by atoms with Crippen LogP contribution in [0.3, 0.4) is 0 Å². The number of likely N-dealkylation sites (N-methyl/N-ethyl adjacent to an activating group) is 1. The summed E-state index contributed by atoms with van der Waals surface area (Å²) in [5.74, 6) is 0. The zero-order chi connectivity index (χ0) is 11.4. The van der Waals surface area contributed by atoms with Crippen molar-refractivity contribution in [3.8, 4) is 0 Å². The first-order valence-electron chi connectivity index (χ1n) is 4.77. The van der Waals surface area contributed by atoms with Crippen molar-refractivity contribution < 1.29 is 8.42 Å². The molecule has 0 amide bonds. The average Bonchev–Trinajstić information content (AvgIpc) is 2.15. The van der Waals surface area contributed by atoms with Crippen molar-refractivity contribution >= 4 is 10.2 Å². The quantitative estimate of drug-likeness (QED) is 0.660. The van der Waals surface area contributed by atoms with Gasteiger partial charge in [0.25, 0.3) is 10.2 Å². The third-order valence-corrected chi connectivity index (χ3v) is 4.46. The first-order chi connectivity index (χ1) is 6.34. The lowest BCUT2D eigenvalue weighted by molar-refractivity contribution is 0.237. The van der Waals surface area contributed by atoms with Gasteiger partial charge in [-0.25, -0.2) is 4.72 Å². The lowest BCUT2D eigenvalue weighted by Gasteiger charge is -2.35. The van der Waals surface area contributed by atoms with Crippen LogP contribution in [0.15, 0.2) is 0 Å². The van der Waals surface area contributed by atoms with Gasteiger partial charge in [0.2, 0.25) is 0 Å². The van der Waals surface area contributed by atoms with Crippen LogP contribution in [0.5, 0.6) is 0 Å². The molecule has 86 valence electrons. The van der Waals surface area contributed by atoms with Crippen molar-refractivity contribution in [3.63, 3.8) is 0 Å². The van der Waals surface area contributed by atoms with Gasteiger partial charge in [0.15, 0.2) is 0 Å². The highest BCUT2D eigenvalue weighted by atomic mass is 32.2. The number of nitrogens with one attached hydrogen (secondary N) is 1. The fourth-order valence-corrected chi connectivity index (χ4v) is 2.41. The summed E-state index contributed by atoms with van der Waals surface area (Å²) < 4.78 is 27.1. The highest BCUT2D eigenvalue weighted by molar-refractivity contribution is 7.87. The minimum Gasteiger partial charge on any atom is -0.329 e. The Labute approximate surface area is 86.8 Å². The summed E-state index contributed by atoms with van der Waals surface area (Å²) in [6, 6.07) is 0. The third-order valence-electron chi connectivity index (χ3n) is 2.65. The molecule has 0 fully saturated rings. The molecule has 0 rings (SSSR count). The predicted molar refractivity (Wildman–Crippen MR) is 58.1 cm³/mol. The fourth-order valence-electron chi connectivity index (χ4n) is 1.06. The Morgan fingerprint density at radius 1 is 1.43 bits per heavy atom. The molecule has 5 nitrogen and oxygen atoms in total. The molecular weight excluding hydrogens is 202 g/mol. The normalized spacial score (nSPS) is 17.0. The number of nitrogens with two attached hydrogens (primary N) is 1. The Hall–Kier alpha value is -0.170. The highest BCUT2D eigenvalue weighted by Crippen LogP contribution is 2.18. The SMILES string of the molecule is CCNS(=O)(=O)N(C)C(C)(CC)CN. The van der Waals surface area contributed by atoms with Gasteiger partial charge in [-0.2, -0.15) is 12.7 Å². The molecule has 6 heteroatoms. The molecule has 0 saturated heterocycles. The minimum atomic E-state index is -3.39. The Kier molecular flexibility index (Phi) is 5.00. The molecule has 0 radical (unpaired) electrons. The number of hydrogen-bond donors (Lipinski definition) is 2. The van der Waals surface area contributed by atoms with E-state index < -0.39 is 15.7 Å². The van der Waals surface area contributed by atoms with Crippen LogP contribution in [0.4, 0.5) is 0 Å². The van der Waals surface area contributed by atoms with Crippen LogP contribution < -0.4 is 10.5 Å². The van der Waals surface area contributed by atoms with Crippen molar-refractivity contribution in [1.82, 2.24) is 9.03 Å². The van der Waals surface area contributed by atoms with Gasteiger partial charge in [0.05, 0.1) is 0 Å². The van der Waals surface area contributed by atoms with Crippen LogP contribution in [-0.2, 0) is 10.2 Å². The van der Waals surface area contributed by atoms with E-state index in [1.165, 1.54) is 4.31 Å². The van der Waals surface area contributed by atoms with Crippen LogP contribution in [-0.4, -0.2) is 38.4 Å². The molecule has 1 unspecified atom stereocenters. The number of rotatable bonds is 6. The maximum atomic E-state index is 11.7. The highest BCUT2D eigenvalue weighted by Gasteiger charge is 2.33. The summed E-state index contributed by atoms with van der Waals surface area (Å²) >= 11 is 0. The molecule has 0 aliphatic carbocycles. The maximum absolute atomic E-state index is 11.7. The van der Waals surface area contributed by atoms with Crippen molar-refractivity contribution in [1.29, 1.82) is 0 Å². The van der Waals surface area contributed by atoms with Crippen LogP contribution >= 0.6 is 0 Å². The number of hydrogen-bond acceptors (Lipinski definition) is 3. The molecule has 0 aliphatic heterocycles. The van der Waals surface area contributed by atoms with Gasteiger partial charge >= 0.3 is 0 Å². The molecule has 14 heavy (non-hydrogen) atoms. The molecule has 0 heterocycles. The second kappa shape index (κ2) is 5.06. The standard InChI is InChI=1S/C8H21N3O2S/c1-5-8(3,7-9)11(4)14(12,13)10-6-2/h10H,5-7,9H2,1-4H3. The van der Waals surface area contributed by atoms with Gasteiger partial charge in [-0.05, 0) is 13.3 Å². The van der Waals surface area contributed by atoms with Crippen LogP contribution in [0, 0.1) is 0 Å². The predicted octanol–water partition coefficient (Wildman–Crippen LogP) is -0.100. The Balaban J connectivity index is 4.83. The third kappa shape index (κ3) is 2.91. The molecule has 1 atom stereocenters. The molecule has 0 aliphatic rings. The van der Waals surface area contributed by atoms with E-state index in [9.17, 15) is 8.42 Å². The molecule has 0 aromatic heterocycles. The molecule has 0 aromatic carbocycles. The van der Waals surface area contributed by atoms with Crippen LogP contribution in [0.1, 0.15) is 27.2 Å². The van der Waals surface area contributed by atoms with Crippen molar-refractivity contribution in [2.45, 2.75) is 32.7 Å². The summed E-state index contributed by atoms with van der Waals surface area (Å²) in [5.41, 5.74) is 5.06. The Morgan fingerprint density at radius 2 is 1.93 bits per heavy atom. The number of nitrogens with zero attached hydrogens (tertiary/aromatic N) is 1. The van der Waals surface area contributed by atoms with Gasteiger partial charge in [0.1, 0.15) is 0 Å². The van der Waals surface area contributed by atoms with E-state index in [0.29, 0.717) is 19.5 Å². The zero-order valence-electron chi connectivity index (χ0n) is 9.37. The van der Waals surface area contributed by atoms with Crippen LogP contribution in [0.2, 0.25) is 0 Å². The van der Waals surface area contributed by atoms with Gasteiger partial charge in [-0.1, -0.05) is 13.8 Å². The maximum Gasteiger partial charge on any atom is 0.279 e. The van der Waals surface area contributed by atoms with Gasteiger partial charge in [-0.3, -0.25) is 0 Å². The lowest BCUT2D eigenvalue weighted by atomic mass is 10.00. The van der Waals surface area contributed by atoms with E-state index >= 15 is 0 Å². The molecule has 0 aromatic rings. The minimum absolute atomic E-state index is 0.310. The smallest absolute Gasteiger partial charge is 0.279 e. The largest absolute Gasteiger partial charge is 0.329 e. The van der Waals surface area contributed by atoms with E-state index in [0.717, 1.165) is 0 Å². The Morgan fingerprint density at radius 3 is 2.21 bits per heavy atom. The van der Waals surface area contributed by atoms with Crippen molar-refractivity contribution in [2.24, 2.45) is 5.73 Å². The second-order valence-electron chi connectivity index (χ2n) is 3.53. The summed E-state index contributed by atoms with van der Waals surface area (Å²) in [6.07, 6.45) is 0.685. The topological polar surface area (TPSA) is 75.4 Å². The van der Waals surface area contributed by atoms with Gasteiger partial charge < -0.3 is 5.73 Å². The molecule has 3 N–H and O–H groups in total. The van der Waals surface area contributed by atoms with Crippen molar-refractivity contribution in [2.75, 3.05) is 20.1 Å². The summed E-state index contributed by atoms with van der Waals surface area (Å²) in [7, 11) is -1.84. The first kappa shape index (κ1) is 13.8. The van der Waals surface area contributed by atoms with Gasteiger partial charge in [0, 0.05) is 25.7 Å². The van der Waals surface area contributed by atoms with E-state index in [2.05, 4.69) is 4.72 Å². The summed E-state index contributed by atoms with van der Waals surface area (Å²) in [5, 5.41) is 0. The molecular formula is C8H21N3O2S. The van der Waals surface area contributed by atoms with E-state index in [-0.39, 0.29) is 0 Å². The van der Waals surface area contributed by atoms with E-state index in [4.69, 9.17) is 5.73 Å². The van der Waals surface area contributed by atoms with E-state index in [1.54, 1.807) is 14.0 Å². The molecule has 0 saturated carbocycles. The molecule has 0 bridgehead atoms. The summed E-state index contributed by atoms with van der Waals surface area (Å²) in [4.78, 5) is 0. The van der Waals surface area contributed by atoms with Crippen molar-refractivity contribution in [3.05, 3.63) is 0 Å². The Bertz CT molecular complexity index is 260. The van der Waals surface area contributed by atoms with E-state index in [1.807, 2.05) is 13.8 Å². The van der Waals surface area contributed by atoms with Crippen LogP contribution in [0.25, 0.3) is 0 Å². The average molecular weight is 223 g/mol. The first-order valence-corrected chi connectivity index (χ1v) is 6.21. The summed E-state index contributed by atoms with van der Waals surface area (Å²) in [6.45, 7) is 6.20. The molecule has 0 spiro atoms.